The molecule has 2 aromatic rings. The number of hydrogen-bond donors (Lipinski definition) is 1. The van der Waals surface area contributed by atoms with Crippen LogP contribution in [-0.4, -0.2) is 23.6 Å². The molecule has 5 heteroatoms. The summed E-state index contributed by atoms with van der Waals surface area (Å²) in [6.45, 7) is 6.33. The van der Waals surface area contributed by atoms with E-state index in [0.717, 1.165) is 35.5 Å². The van der Waals surface area contributed by atoms with E-state index in [0.29, 0.717) is 5.92 Å². The molecule has 0 amide bonds. The monoisotopic (exact) mass is 367 g/mol. The molecule has 142 valence electrons. The van der Waals surface area contributed by atoms with Crippen molar-refractivity contribution in [1.82, 2.24) is 10.4 Å². The summed E-state index contributed by atoms with van der Waals surface area (Å²) in [6.07, 6.45) is 2.22. The van der Waals surface area contributed by atoms with Crippen molar-refractivity contribution < 1.29 is 9.23 Å². The van der Waals surface area contributed by atoms with E-state index >= 15 is 0 Å². The van der Waals surface area contributed by atoms with Gasteiger partial charge in [-0.25, -0.2) is 19.3 Å². The highest BCUT2D eigenvalue weighted by Gasteiger charge is 2.53. The summed E-state index contributed by atoms with van der Waals surface area (Å²) in [5, 5.41) is 5.18. The lowest BCUT2D eigenvalue weighted by atomic mass is 9.95. The SMILES string of the molecule is CN1OC(c2ccc(-c3ccc(F)cc3)cc2)(C2CC2)N=C1NC(C)(C)C. The van der Waals surface area contributed by atoms with Crippen molar-refractivity contribution in [1.29, 1.82) is 0 Å². The second-order valence-electron chi connectivity index (χ2n) is 8.45. The summed E-state index contributed by atoms with van der Waals surface area (Å²) in [5.41, 5.74) is 2.33. The maximum Gasteiger partial charge on any atom is 0.221 e. The van der Waals surface area contributed by atoms with Crippen LogP contribution in [0, 0.1) is 11.7 Å². The van der Waals surface area contributed by atoms with Crippen molar-refractivity contribution in [2.45, 2.75) is 44.9 Å². The largest absolute Gasteiger partial charge is 0.350 e. The molecule has 0 radical (unpaired) electrons. The van der Waals surface area contributed by atoms with Gasteiger partial charge in [0, 0.05) is 24.1 Å². The third-order valence-corrected chi connectivity index (χ3v) is 4.94. The van der Waals surface area contributed by atoms with E-state index in [2.05, 4.69) is 50.4 Å². The maximum atomic E-state index is 13.2. The Bertz CT molecular complexity index is 851. The van der Waals surface area contributed by atoms with Crippen LogP contribution in [-0.2, 0) is 10.6 Å². The molecule has 0 bridgehead atoms. The Morgan fingerprint density at radius 2 is 1.59 bits per heavy atom. The molecule has 1 saturated carbocycles. The molecule has 1 heterocycles. The fourth-order valence-corrected chi connectivity index (χ4v) is 3.48. The molecule has 0 spiro atoms. The van der Waals surface area contributed by atoms with E-state index in [1.165, 1.54) is 12.1 Å². The first-order chi connectivity index (χ1) is 12.8. The summed E-state index contributed by atoms with van der Waals surface area (Å²) < 4.78 is 13.2. The summed E-state index contributed by atoms with van der Waals surface area (Å²) in [4.78, 5) is 11.3. The van der Waals surface area contributed by atoms with Gasteiger partial charge >= 0.3 is 0 Å². The van der Waals surface area contributed by atoms with E-state index in [1.54, 1.807) is 17.2 Å². The summed E-state index contributed by atoms with van der Waals surface area (Å²) in [5.74, 6) is 0.923. The summed E-state index contributed by atoms with van der Waals surface area (Å²) in [7, 11) is 1.90. The van der Waals surface area contributed by atoms with Crippen LogP contribution in [0.15, 0.2) is 53.5 Å². The Morgan fingerprint density at radius 1 is 1.04 bits per heavy atom. The van der Waals surface area contributed by atoms with Crippen molar-refractivity contribution >= 4 is 5.96 Å². The van der Waals surface area contributed by atoms with Gasteiger partial charge in [0.2, 0.25) is 11.7 Å². The van der Waals surface area contributed by atoms with E-state index < -0.39 is 5.72 Å². The molecule has 4 nitrogen and oxygen atoms in total. The third-order valence-electron chi connectivity index (χ3n) is 4.94. The minimum absolute atomic E-state index is 0.0947. The minimum atomic E-state index is -0.663. The van der Waals surface area contributed by atoms with Gasteiger partial charge in [-0.1, -0.05) is 36.4 Å². The molecule has 4 rings (SSSR count). The van der Waals surface area contributed by atoms with Crippen LogP contribution in [0.3, 0.4) is 0 Å². The second kappa shape index (κ2) is 6.34. The molecule has 0 saturated heterocycles. The number of hydroxylamine groups is 2. The molecule has 1 atom stereocenters. The van der Waals surface area contributed by atoms with Gasteiger partial charge in [0.15, 0.2) is 0 Å². The molecule has 2 aromatic carbocycles. The highest BCUT2D eigenvalue weighted by atomic mass is 19.1. The number of benzene rings is 2. The first-order valence-electron chi connectivity index (χ1n) is 9.44. The Hall–Kier alpha value is -2.40. The zero-order valence-electron chi connectivity index (χ0n) is 16.3. The fraction of sp³-hybridized carbons (Fsp3) is 0.409. The molecule has 27 heavy (non-hydrogen) atoms. The highest BCUT2D eigenvalue weighted by Crippen LogP contribution is 2.51. The number of hydrogen-bond acceptors (Lipinski definition) is 4. The fourth-order valence-electron chi connectivity index (χ4n) is 3.48. The Labute approximate surface area is 160 Å². The number of nitrogens with zero attached hydrogens (tertiary/aromatic N) is 2. The molecule has 1 aliphatic heterocycles. The molecule has 1 unspecified atom stereocenters. The quantitative estimate of drug-likeness (QED) is 0.856. The zero-order valence-corrected chi connectivity index (χ0v) is 16.3. The van der Waals surface area contributed by atoms with Gasteiger partial charge in [0.05, 0.1) is 0 Å². The molecule has 2 aliphatic rings. The molecular formula is C22H26FN3O. The second-order valence-corrected chi connectivity index (χ2v) is 8.45. The van der Waals surface area contributed by atoms with Crippen molar-refractivity contribution in [3.63, 3.8) is 0 Å². The maximum absolute atomic E-state index is 13.2. The highest BCUT2D eigenvalue weighted by molar-refractivity contribution is 5.81. The van der Waals surface area contributed by atoms with Crippen LogP contribution in [0.2, 0.25) is 0 Å². The number of nitrogens with one attached hydrogen (secondary N) is 1. The van der Waals surface area contributed by atoms with Crippen LogP contribution in [0.5, 0.6) is 0 Å². The number of aliphatic imine (C=N–C) groups is 1. The van der Waals surface area contributed by atoms with Crippen LogP contribution >= 0.6 is 0 Å². The van der Waals surface area contributed by atoms with Crippen LogP contribution in [0.1, 0.15) is 39.2 Å². The van der Waals surface area contributed by atoms with Gasteiger partial charge in [-0.2, -0.15) is 0 Å². The van der Waals surface area contributed by atoms with Crippen LogP contribution < -0.4 is 5.32 Å². The predicted molar refractivity (Wildman–Crippen MR) is 105 cm³/mol. The van der Waals surface area contributed by atoms with Crippen LogP contribution in [0.4, 0.5) is 4.39 Å². The third kappa shape index (κ3) is 3.56. The van der Waals surface area contributed by atoms with Gasteiger partial charge < -0.3 is 5.32 Å². The van der Waals surface area contributed by atoms with E-state index in [1.807, 2.05) is 7.05 Å². The predicted octanol–water partition coefficient (Wildman–Crippen LogP) is 4.68. The lowest BCUT2D eigenvalue weighted by Gasteiger charge is -2.27. The molecule has 0 aromatic heterocycles. The summed E-state index contributed by atoms with van der Waals surface area (Å²) in [6, 6.07) is 14.8. The van der Waals surface area contributed by atoms with E-state index in [9.17, 15) is 4.39 Å². The Balaban J connectivity index is 1.66. The summed E-state index contributed by atoms with van der Waals surface area (Å²) >= 11 is 0. The van der Waals surface area contributed by atoms with Crippen molar-refractivity contribution in [2.75, 3.05) is 7.05 Å². The Kier molecular flexibility index (Phi) is 4.22. The molecular weight excluding hydrogens is 341 g/mol. The first-order valence-corrected chi connectivity index (χ1v) is 9.44. The zero-order chi connectivity index (χ0) is 19.2. The first kappa shape index (κ1) is 18.0. The van der Waals surface area contributed by atoms with Crippen molar-refractivity contribution in [3.05, 3.63) is 59.9 Å². The average Bonchev–Trinajstić information content (AvgIpc) is 3.41. The van der Waals surface area contributed by atoms with Crippen molar-refractivity contribution in [3.8, 4) is 11.1 Å². The van der Waals surface area contributed by atoms with Gasteiger partial charge in [-0.05, 0) is 56.9 Å². The number of rotatable bonds is 3. The van der Waals surface area contributed by atoms with Crippen molar-refractivity contribution in [2.24, 2.45) is 10.9 Å². The number of guanidine groups is 1. The molecule has 1 fully saturated rings. The number of halogens is 1. The normalized spacial score (nSPS) is 22.7. The smallest absolute Gasteiger partial charge is 0.221 e. The average molecular weight is 367 g/mol. The van der Waals surface area contributed by atoms with Crippen LogP contribution in [0.25, 0.3) is 11.1 Å². The minimum Gasteiger partial charge on any atom is -0.350 e. The van der Waals surface area contributed by atoms with Gasteiger partial charge in [-0.3, -0.25) is 0 Å². The van der Waals surface area contributed by atoms with Gasteiger partial charge in [-0.15, -0.1) is 0 Å². The van der Waals surface area contributed by atoms with E-state index in [4.69, 9.17) is 9.83 Å². The Morgan fingerprint density at radius 3 is 2.11 bits per heavy atom. The van der Waals surface area contributed by atoms with E-state index in [-0.39, 0.29) is 11.4 Å². The topological polar surface area (TPSA) is 36.9 Å². The lowest BCUT2D eigenvalue weighted by Crippen LogP contribution is -2.46. The standard InChI is InChI=1S/C22H26FN3O/c1-21(2,3)24-20-25-22(18-11-12-18,27-26(20)4)17-9-5-15(6-10-17)16-7-13-19(23)14-8-16/h5-10,13-14,18H,11-12H2,1-4H3,(H,24,25). The molecule has 1 N–H and O–H groups in total. The van der Waals surface area contributed by atoms with Gasteiger partial charge in [0.1, 0.15) is 5.82 Å². The van der Waals surface area contributed by atoms with Gasteiger partial charge in [0.25, 0.3) is 0 Å². The molecule has 1 aliphatic carbocycles. The lowest BCUT2D eigenvalue weighted by molar-refractivity contribution is -0.184.